The second-order valence-electron chi connectivity index (χ2n) is 13.4. The number of methoxy groups -OCH3 is 1. The molecule has 1 N–H and O–H groups in total. The first kappa shape index (κ1) is 40.3. The van der Waals surface area contributed by atoms with Gasteiger partial charge in [-0.3, -0.25) is 13.9 Å². The number of rotatable bonds is 15. The molecule has 1 aliphatic heterocycles. The molecule has 0 aliphatic carbocycles. The van der Waals surface area contributed by atoms with Crippen LogP contribution in [0.1, 0.15) is 43.1 Å². The lowest BCUT2D eigenvalue weighted by atomic mass is 9.76. The fraction of sp³-hybridized carbons (Fsp3) is 0.342. The molecule has 1 saturated heterocycles. The SMILES string of the molecule is C=CCN(c1ccc(OC)cc1)S(=O)(=O)c1ccc(Cl)c(C(=O)N(CCNC(=O)C2(CC=C)CN(C(=O)OC(C)(C)C)C2)Cc2cccc(Cl)c2)c1. The molecular weight excluding hydrogens is 727 g/mol. The number of allylic oxidation sites excluding steroid dienone is 1. The number of hydrogen-bond donors (Lipinski definition) is 1. The van der Waals surface area contributed by atoms with E-state index < -0.39 is 33.0 Å². The van der Waals surface area contributed by atoms with E-state index in [2.05, 4.69) is 18.5 Å². The Morgan fingerprint density at radius 1 is 1.00 bits per heavy atom. The molecule has 3 aromatic rings. The molecule has 0 unspecified atom stereocenters. The van der Waals surface area contributed by atoms with Gasteiger partial charge in [-0.25, -0.2) is 13.2 Å². The third kappa shape index (κ3) is 9.67. The summed E-state index contributed by atoms with van der Waals surface area (Å²) in [7, 11) is -2.68. The molecule has 4 rings (SSSR count). The van der Waals surface area contributed by atoms with Gasteiger partial charge in [0.05, 0.1) is 40.2 Å². The second-order valence-corrected chi connectivity index (χ2v) is 16.1. The van der Waals surface area contributed by atoms with Gasteiger partial charge in [0.25, 0.3) is 15.9 Å². The maximum Gasteiger partial charge on any atom is 0.410 e. The number of benzene rings is 3. The Morgan fingerprint density at radius 3 is 2.29 bits per heavy atom. The van der Waals surface area contributed by atoms with Crippen LogP contribution in [0.5, 0.6) is 5.75 Å². The van der Waals surface area contributed by atoms with Gasteiger partial charge >= 0.3 is 6.09 Å². The summed E-state index contributed by atoms with van der Waals surface area (Å²) in [6.45, 7) is 13.3. The number of nitrogens with one attached hydrogen (secondary N) is 1. The lowest BCUT2D eigenvalue weighted by Crippen LogP contribution is -2.65. The Hall–Kier alpha value is -4.52. The molecule has 3 aromatic carbocycles. The third-order valence-electron chi connectivity index (χ3n) is 8.28. The fourth-order valence-electron chi connectivity index (χ4n) is 5.72. The van der Waals surface area contributed by atoms with Crippen LogP contribution < -0.4 is 14.4 Å². The lowest BCUT2D eigenvalue weighted by Gasteiger charge is -2.48. The van der Waals surface area contributed by atoms with E-state index in [1.165, 1.54) is 45.5 Å². The highest BCUT2D eigenvalue weighted by atomic mass is 35.5. The Labute approximate surface area is 315 Å². The van der Waals surface area contributed by atoms with E-state index in [0.29, 0.717) is 28.4 Å². The van der Waals surface area contributed by atoms with Crippen molar-refractivity contribution >= 4 is 56.8 Å². The average molecular weight is 772 g/mol. The van der Waals surface area contributed by atoms with Crippen molar-refractivity contribution in [2.45, 2.75) is 44.2 Å². The van der Waals surface area contributed by atoms with Crippen LogP contribution >= 0.6 is 23.2 Å². The first-order valence-corrected chi connectivity index (χ1v) is 18.7. The van der Waals surface area contributed by atoms with Gasteiger partial charge < -0.3 is 24.6 Å². The van der Waals surface area contributed by atoms with Crippen molar-refractivity contribution in [1.29, 1.82) is 0 Å². The topological polar surface area (TPSA) is 126 Å². The maximum atomic E-state index is 14.2. The minimum absolute atomic E-state index is 0.0377. The number of nitrogens with zero attached hydrogens (tertiary/aromatic N) is 3. The molecule has 0 spiro atoms. The van der Waals surface area contributed by atoms with Gasteiger partial charge in [0, 0.05) is 37.7 Å². The van der Waals surface area contributed by atoms with Gasteiger partial charge in [0.15, 0.2) is 0 Å². The Balaban J connectivity index is 1.58. The number of ether oxygens (including phenoxy) is 2. The number of halogens is 2. The van der Waals surface area contributed by atoms with Crippen molar-refractivity contribution in [1.82, 2.24) is 15.1 Å². The van der Waals surface area contributed by atoms with Crippen LogP contribution in [-0.4, -0.2) is 81.6 Å². The summed E-state index contributed by atoms with van der Waals surface area (Å²) in [6, 6.07) is 17.4. The number of sulfonamides is 1. The molecule has 1 fully saturated rings. The lowest BCUT2D eigenvalue weighted by molar-refractivity contribution is -0.140. The molecule has 0 radical (unpaired) electrons. The smallest absolute Gasteiger partial charge is 0.410 e. The Kier molecular flexibility index (Phi) is 13.1. The zero-order valence-electron chi connectivity index (χ0n) is 29.7. The molecule has 1 heterocycles. The van der Waals surface area contributed by atoms with Gasteiger partial charge in [-0.05, 0) is 87.4 Å². The van der Waals surface area contributed by atoms with E-state index in [1.54, 1.807) is 75.4 Å². The van der Waals surface area contributed by atoms with Crippen LogP contribution in [0.2, 0.25) is 10.0 Å². The Morgan fingerprint density at radius 2 is 1.69 bits per heavy atom. The quantitative estimate of drug-likeness (QED) is 0.166. The number of hydrogen-bond acceptors (Lipinski definition) is 7. The van der Waals surface area contributed by atoms with Crippen molar-refractivity contribution in [3.63, 3.8) is 0 Å². The van der Waals surface area contributed by atoms with E-state index in [0.717, 1.165) is 0 Å². The maximum absolute atomic E-state index is 14.2. The average Bonchev–Trinajstić information content (AvgIpc) is 3.07. The minimum atomic E-state index is -4.19. The second kappa shape index (κ2) is 16.9. The van der Waals surface area contributed by atoms with Gasteiger partial charge in [0.2, 0.25) is 5.91 Å². The highest BCUT2D eigenvalue weighted by Gasteiger charge is 2.51. The number of anilines is 1. The molecule has 11 nitrogen and oxygen atoms in total. The van der Waals surface area contributed by atoms with Gasteiger partial charge in [-0.15, -0.1) is 13.2 Å². The first-order chi connectivity index (χ1) is 24.5. The normalized spacial score (nSPS) is 13.7. The number of carbonyl (C=O) groups excluding carboxylic acids is 3. The zero-order chi connectivity index (χ0) is 38.3. The molecule has 3 amide bonds. The molecule has 14 heteroatoms. The highest BCUT2D eigenvalue weighted by Crippen LogP contribution is 2.36. The summed E-state index contributed by atoms with van der Waals surface area (Å²) in [5.74, 6) is -0.299. The minimum Gasteiger partial charge on any atom is -0.497 e. The van der Waals surface area contributed by atoms with Gasteiger partial charge in [0.1, 0.15) is 11.4 Å². The summed E-state index contributed by atoms with van der Waals surface area (Å²) >= 11 is 12.8. The molecule has 0 bridgehead atoms. The van der Waals surface area contributed by atoms with Crippen LogP contribution in [0.15, 0.2) is 96.9 Å². The number of carbonyl (C=O) groups is 3. The van der Waals surface area contributed by atoms with E-state index >= 15 is 0 Å². The molecule has 52 heavy (non-hydrogen) atoms. The van der Waals surface area contributed by atoms with E-state index in [1.807, 2.05) is 0 Å². The van der Waals surface area contributed by atoms with Crippen LogP contribution in [0, 0.1) is 5.41 Å². The predicted octanol–water partition coefficient (Wildman–Crippen LogP) is 6.96. The van der Waals surface area contributed by atoms with Crippen molar-refractivity contribution in [3.8, 4) is 5.75 Å². The Bertz CT molecular complexity index is 1910. The van der Waals surface area contributed by atoms with Crippen molar-refractivity contribution in [2.75, 3.05) is 44.1 Å². The monoisotopic (exact) mass is 770 g/mol. The number of amides is 3. The molecule has 278 valence electrons. The van der Waals surface area contributed by atoms with Gasteiger partial charge in [-0.1, -0.05) is 47.5 Å². The van der Waals surface area contributed by atoms with Crippen molar-refractivity contribution < 1.29 is 32.3 Å². The van der Waals surface area contributed by atoms with Gasteiger partial charge in [-0.2, -0.15) is 0 Å². The summed E-state index contributed by atoms with van der Waals surface area (Å²) in [5, 5.41) is 3.43. The summed E-state index contributed by atoms with van der Waals surface area (Å²) < 4.78 is 39.8. The zero-order valence-corrected chi connectivity index (χ0v) is 32.1. The molecule has 1 aliphatic rings. The molecule has 0 aromatic heterocycles. The summed E-state index contributed by atoms with van der Waals surface area (Å²) in [4.78, 5) is 43.1. The van der Waals surface area contributed by atoms with Crippen LogP contribution in [0.3, 0.4) is 0 Å². The van der Waals surface area contributed by atoms with E-state index in [4.69, 9.17) is 32.7 Å². The number of likely N-dealkylation sites (tertiary alicyclic amines) is 1. The largest absolute Gasteiger partial charge is 0.497 e. The summed E-state index contributed by atoms with van der Waals surface area (Å²) in [6.07, 6.45) is 2.92. The standard InChI is InChI=1S/C38H44Cl2N4O7S/c1-7-18-38(25-43(26-38)36(47)51-37(3,4)5)35(46)41-19-21-42(24-27-10-9-11-28(39)22-27)34(45)32-23-31(16-17-33(32)40)52(48,49)44(20-8-2)29-12-14-30(50-6)15-13-29/h7-17,22-23H,1-2,18-21,24-26H2,3-6H3,(H,41,46). The van der Waals surface area contributed by atoms with Crippen LogP contribution in [0.25, 0.3) is 0 Å². The van der Waals surface area contributed by atoms with Crippen molar-refractivity contribution in [3.05, 3.63) is 113 Å². The fourth-order valence-corrected chi connectivity index (χ4v) is 7.59. The third-order valence-corrected chi connectivity index (χ3v) is 10.6. The summed E-state index contributed by atoms with van der Waals surface area (Å²) in [5.41, 5.74) is -0.536. The van der Waals surface area contributed by atoms with Crippen LogP contribution in [-0.2, 0) is 26.1 Å². The molecular formula is C38H44Cl2N4O7S. The first-order valence-electron chi connectivity index (χ1n) is 16.5. The molecule has 0 saturated carbocycles. The van der Waals surface area contributed by atoms with E-state index in [-0.39, 0.29) is 60.7 Å². The molecule has 0 atom stereocenters. The van der Waals surface area contributed by atoms with Crippen LogP contribution in [0.4, 0.5) is 10.5 Å². The van der Waals surface area contributed by atoms with E-state index in [9.17, 15) is 22.8 Å². The van der Waals surface area contributed by atoms with Crippen molar-refractivity contribution in [2.24, 2.45) is 5.41 Å². The highest BCUT2D eigenvalue weighted by molar-refractivity contribution is 7.92. The predicted molar refractivity (Wildman–Crippen MR) is 203 cm³/mol.